The summed E-state index contributed by atoms with van der Waals surface area (Å²) in [6.07, 6.45) is 4.94. The lowest BCUT2D eigenvalue weighted by molar-refractivity contribution is -0.135. The zero-order chi connectivity index (χ0) is 11.1. The number of ether oxygens (including phenoxy) is 1. The van der Waals surface area contributed by atoms with Crippen LogP contribution < -0.4 is 5.32 Å². The van der Waals surface area contributed by atoms with Gasteiger partial charge in [-0.3, -0.25) is 4.79 Å². The fraction of sp³-hybridized carbons (Fsp3) is 0.909. The van der Waals surface area contributed by atoms with Crippen LogP contribution >= 0.6 is 15.9 Å². The van der Waals surface area contributed by atoms with Gasteiger partial charge >= 0.3 is 0 Å². The van der Waals surface area contributed by atoms with Gasteiger partial charge in [0.25, 0.3) is 0 Å². The fourth-order valence-electron chi connectivity index (χ4n) is 1.62. The van der Waals surface area contributed by atoms with Crippen LogP contribution in [0.2, 0.25) is 0 Å². The molecule has 2 unspecified atom stereocenters. The number of carbonyl (C=O) groups excluding carboxylic acids is 1. The van der Waals surface area contributed by atoms with Crippen molar-refractivity contribution in [2.24, 2.45) is 0 Å². The molecule has 0 aliphatic carbocycles. The molecule has 1 amide bonds. The number of hydrogen-bond acceptors (Lipinski definition) is 2. The molecule has 1 aliphatic rings. The van der Waals surface area contributed by atoms with Gasteiger partial charge in [-0.1, -0.05) is 22.9 Å². The Morgan fingerprint density at radius 3 is 3.00 bits per heavy atom. The minimum Gasteiger partial charge on any atom is -0.368 e. The van der Waals surface area contributed by atoms with Crippen LogP contribution in [0.1, 0.15) is 39.0 Å². The van der Waals surface area contributed by atoms with Crippen molar-refractivity contribution in [1.29, 1.82) is 0 Å². The van der Waals surface area contributed by atoms with Gasteiger partial charge in [-0.25, -0.2) is 0 Å². The van der Waals surface area contributed by atoms with Gasteiger partial charge in [-0.15, -0.1) is 0 Å². The molecule has 0 bridgehead atoms. The first-order chi connectivity index (χ1) is 7.24. The van der Waals surface area contributed by atoms with Crippen LogP contribution in [0.15, 0.2) is 0 Å². The van der Waals surface area contributed by atoms with Gasteiger partial charge in [0, 0.05) is 18.0 Å². The van der Waals surface area contributed by atoms with Crippen LogP contribution in [-0.4, -0.2) is 30.0 Å². The van der Waals surface area contributed by atoms with E-state index in [1.807, 2.05) is 0 Å². The van der Waals surface area contributed by atoms with Crippen molar-refractivity contribution >= 4 is 21.8 Å². The summed E-state index contributed by atoms with van der Waals surface area (Å²) in [5, 5.41) is 2.92. The second-order valence-electron chi connectivity index (χ2n) is 3.94. The molecule has 15 heavy (non-hydrogen) atoms. The molecular weight excluding hydrogens is 258 g/mol. The standard InChI is InChI=1S/C11H20BrNO2/c1-2-9(12)6-7-13-11(14)10-5-3-4-8-15-10/h9-10H,2-8H2,1H3,(H,13,14). The summed E-state index contributed by atoms with van der Waals surface area (Å²) >= 11 is 3.54. The molecule has 1 heterocycles. The van der Waals surface area contributed by atoms with E-state index in [2.05, 4.69) is 28.2 Å². The van der Waals surface area contributed by atoms with Crippen LogP contribution in [0.4, 0.5) is 0 Å². The molecule has 3 nitrogen and oxygen atoms in total. The molecule has 88 valence electrons. The van der Waals surface area contributed by atoms with Gasteiger partial charge in [0.1, 0.15) is 6.10 Å². The third kappa shape index (κ3) is 4.98. The average molecular weight is 278 g/mol. The lowest BCUT2D eigenvalue weighted by Crippen LogP contribution is -2.39. The number of halogens is 1. The first-order valence-electron chi connectivity index (χ1n) is 5.77. The average Bonchev–Trinajstić information content (AvgIpc) is 2.29. The number of rotatable bonds is 5. The zero-order valence-corrected chi connectivity index (χ0v) is 10.9. The maximum Gasteiger partial charge on any atom is 0.249 e. The Hall–Kier alpha value is -0.0900. The number of hydrogen-bond donors (Lipinski definition) is 1. The normalized spacial score (nSPS) is 23.5. The van der Waals surface area contributed by atoms with Gasteiger partial charge in [-0.05, 0) is 32.1 Å². The monoisotopic (exact) mass is 277 g/mol. The summed E-state index contributed by atoms with van der Waals surface area (Å²) in [6, 6.07) is 0. The third-order valence-corrected chi connectivity index (χ3v) is 3.78. The molecule has 1 aliphatic heterocycles. The van der Waals surface area contributed by atoms with Crippen molar-refractivity contribution < 1.29 is 9.53 Å². The van der Waals surface area contributed by atoms with Crippen molar-refractivity contribution in [3.63, 3.8) is 0 Å². The molecule has 2 atom stereocenters. The first-order valence-corrected chi connectivity index (χ1v) is 6.69. The van der Waals surface area contributed by atoms with Crippen molar-refractivity contribution in [3.05, 3.63) is 0 Å². The van der Waals surface area contributed by atoms with E-state index >= 15 is 0 Å². The molecule has 1 saturated heterocycles. The highest BCUT2D eigenvalue weighted by atomic mass is 79.9. The molecule has 0 aromatic heterocycles. The van der Waals surface area contributed by atoms with Crippen molar-refractivity contribution in [3.8, 4) is 0 Å². The number of carbonyl (C=O) groups is 1. The molecule has 0 saturated carbocycles. The van der Waals surface area contributed by atoms with Crippen molar-refractivity contribution in [2.75, 3.05) is 13.2 Å². The molecule has 1 rings (SSSR count). The van der Waals surface area contributed by atoms with Gasteiger partial charge in [0.15, 0.2) is 0 Å². The Kier molecular flexibility index (Phi) is 6.25. The Labute approximate surface area is 100 Å². The number of nitrogens with one attached hydrogen (secondary N) is 1. The van der Waals surface area contributed by atoms with E-state index in [0.717, 1.165) is 45.3 Å². The molecule has 0 aromatic rings. The Morgan fingerprint density at radius 1 is 1.60 bits per heavy atom. The van der Waals surface area contributed by atoms with Crippen molar-refractivity contribution in [2.45, 2.75) is 50.0 Å². The maximum atomic E-state index is 11.6. The zero-order valence-electron chi connectivity index (χ0n) is 9.30. The lowest BCUT2D eigenvalue weighted by Gasteiger charge is -2.21. The molecule has 1 N–H and O–H groups in total. The summed E-state index contributed by atoms with van der Waals surface area (Å²) in [7, 11) is 0. The third-order valence-electron chi connectivity index (χ3n) is 2.67. The maximum absolute atomic E-state index is 11.6. The Bertz CT molecular complexity index is 193. The Morgan fingerprint density at radius 2 is 2.40 bits per heavy atom. The topological polar surface area (TPSA) is 38.3 Å². The van der Waals surface area contributed by atoms with Gasteiger partial charge < -0.3 is 10.1 Å². The van der Waals surface area contributed by atoms with Crippen LogP contribution in [0.25, 0.3) is 0 Å². The lowest BCUT2D eigenvalue weighted by atomic mass is 10.1. The van der Waals surface area contributed by atoms with Crippen LogP contribution in [0.5, 0.6) is 0 Å². The summed E-state index contributed by atoms with van der Waals surface area (Å²) < 4.78 is 5.40. The van der Waals surface area contributed by atoms with E-state index in [-0.39, 0.29) is 12.0 Å². The highest BCUT2D eigenvalue weighted by Gasteiger charge is 2.21. The second-order valence-corrected chi connectivity index (χ2v) is 5.24. The SMILES string of the molecule is CCC(Br)CCNC(=O)C1CCCCO1. The predicted molar refractivity (Wildman–Crippen MR) is 64.2 cm³/mol. The minimum atomic E-state index is -0.200. The molecule has 0 radical (unpaired) electrons. The van der Waals surface area contributed by atoms with Crippen LogP contribution in [0, 0.1) is 0 Å². The van der Waals surface area contributed by atoms with E-state index in [4.69, 9.17) is 4.74 Å². The molecule has 0 spiro atoms. The molecule has 4 heteroatoms. The first kappa shape index (κ1) is 13.0. The van der Waals surface area contributed by atoms with Gasteiger partial charge in [-0.2, -0.15) is 0 Å². The van der Waals surface area contributed by atoms with Gasteiger partial charge in [0.2, 0.25) is 5.91 Å². The van der Waals surface area contributed by atoms with Crippen molar-refractivity contribution in [1.82, 2.24) is 5.32 Å². The summed E-state index contributed by atoms with van der Waals surface area (Å²) in [5.74, 6) is 0.0607. The quantitative estimate of drug-likeness (QED) is 0.783. The van der Waals surface area contributed by atoms with E-state index in [1.54, 1.807) is 0 Å². The minimum absolute atomic E-state index is 0.0607. The Balaban J connectivity index is 2.12. The smallest absolute Gasteiger partial charge is 0.249 e. The largest absolute Gasteiger partial charge is 0.368 e. The second kappa shape index (κ2) is 7.23. The summed E-state index contributed by atoms with van der Waals surface area (Å²) in [6.45, 7) is 3.60. The van der Waals surface area contributed by atoms with E-state index in [9.17, 15) is 4.79 Å². The summed E-state index contributed by atoms with van der Waals surface area (Å²) in [4.78, 5) is 12.1. The molecule has 1 fully saturated rings. The van der Waals surface area contributed by atoms with Crippen LogP contribution in [-0.2, 0) is 9.53 Å². The van der Waals surface area contributed by atoms with E-state index in [0.29, 0.717) is 4.83 Å². The van der Waals surface area contributed by atoms with E-state index in [1.165, 1.54) is 0 Å². The number of amides is 1. The number of alkyl halides is 1. The van der Waals surface area contributed by atoms with Crippen LogP contribution in [0.3, 0.4) is 0 Å². The fourth-order valence-corrected chi connectivity index (χ4v) is 1.85. The highest BCUT2D eigenvalue weighted by Crippen LogP contribution is 2.13. The molecule has 0 aromatic carbocycles. The predicted octanol–water partition coefficient (Wildman–Crippen LogP) is 2.24. The van der Waals surface area contributed by atoms with Gasteiger partial charge in [0.05, 0.1) is 0 Å². The molecular formula is C11H20BrNO2. The highest BCUT2D eigenvalue weighted by molar-refractivity contribution is 9.09. The van der Waals surface area contributed by atoms with E-state index < -0.39 is 0 Å². The summed E-state index contributed by atoms with van der Waals surface area (Å²) in [5.41, 5.74) is 0.